The third-order valence-corrected chi connectivity index (χ3v) is 2.86. The number of ether oxygens (including phenoxy) is 1. The van der Waals surface area contributed by atoms with E-state index in [1.807, 2.05) is 6.07 Å². The number of hydrogen-bond acceptors (Lipinski definition) is 3. The normalized spacial score (nSPS) is 11.7. The predicted molar refractivity (Wildman–Crippen MR) is 85.2 cm³/mol. The zero-order valence-corrected chi connectivity index (χ0v) is 13.5. The summed E-state index contributed by atoms with van der Waals surface area (Å²) in [6.45, 7) is 16.9. The summed E-state index contributed by atoms with van der Waals surface area (Å²) < 4.78 is 5.60. The average molecular weight is 276 g/mol. The van der Waals surface area contributed by atoms with Gasteiger partial charge in [-0.1, -0.05) is 47.3 Å². The molecule has 0 unspecified atom stereocenters. The number of rotatable bonds is 7. The summed E-state index contributed by atoms with van der Waals surface area (Å²) in [5, 5.41) is 3.46. The molecule has 0 fully saturated rings. The highest BCUT2D eigenvalue weighted by atomic mass is 16.5. The lowest BCUT2D eigenvalue weighted by molar-refractivity contribution is 0.344. The zero-order valence-electron chi connectivity index (χ0n) is 13.5. The van der Waals surface area contributed by atoms with Crippen molar-refractivity contribution in [2.45, 2.75) is 46.6 Å². The largest absolute Gasteiger partial charge is 0.473 e. The van der Waals surface area contributed by atoms with E-state index in [9.17, 15) is 0 Å². The lowest BCUT2D eigenvalue weighted by Crippen LogP contribution is -2.20. The summed E-state index contributed by atoms with van der Waals surface area (Å²) in [6, 6.07) is 4.17. The Bertz CT molecular complexity index is 433. The van der Waals surface area contributed by atoms with Gasteiger partial charge in [-0.15, -0.1) is 0 Å². The Hall–Kier alpha value is -1.35. The molecule has 0 aromatic carbocycles. The molecule has 0 aliphatic carbocycles. The topological polar surface area (TPSA) is 34.1 Å². The van der Waals surface area contributed by atoms with Gasteiger partial charge in [0.05, 0.1) is 5.69 Å². The lowest BCUT2D eigenvalue weighted by atomic mass is 9.91. The minimum atomic E-state index is 0.0142. The van der Waals surface area contributed by atoms with Gasteiger partial charge in [-0.25, -0.2) is 4.98 Å². The molecule has 112 valence electrons. The Morgan fingerprint density at radius 2 is 2.05 bits per heavy atom. The fourth-order valence-electron chi connectivity index (χ4n) is 1.77. The van der Waals surface area contributed by atoms with Crippen LogP contribution in [0.1, 0.15) is 45.9 Å². The van der Waals surface area contributed by atoms with Gasteiger partial charge in [-0.05, 0) is 24.1 Å². The minimum Gasteiger partial charge on any atom is -0.473 e. The lowest BCUT2D eigenvalue weighted by Gasteiger charge is -2.20. The van der Waals surface area contributed by atoms with E-state index >= 15 is 0 Å². The van der Waals surface area contributed by atoms with Crippen molar-refractivity contribution in [3.8, 4) is 5.88 Å². The Balaban J connectivity index is 2.88. The zero-order chi connectivity index (χ0) is 15.2. The molecule has 0 aliphatic heterocycles. The molecular weight excluding hydrogens is 248 g/mol. The second-order valence-electron chi connectivity index (χ2n) is 6.57. The van der Waals surface area contributed by atoms with Gasteiger partial charge >= 0.3 is 0 Å². The Morgan fingerprint density at radius 3 is 2.60 bits per heavy atom. The summed E-state index contributed by atoms with van der Waals surface area (Å²) >= 11 is 0. The van der Waals surface area contributed by atoms with Crippen molar-refractivity contribution >= 4 is 0 Å². The summed E-state index contributed by atoms with van der Waals surface area (Å²) in [6.07, 6.45) is 1.74. The van der Waals surface area contributed by atoms with Gasteiger partial charge in [0.1, 0.15) is 6.61 Å². The Labute approximate surface area is 123 Å². The van der Waals surface area contributed by atoms with Crippen LogP contribution in [0.3, 0.4) is 0 Å². The van der Waals surface area contributed by atoms with Gasteiger partial charge in [0.15, 0.2) is 0 Å². The molecule has 0 spiro atoms. The second-order valence-corrected chi connectivity index (χ2v) is 6.57. The van der Waals surface area contributed by atoms with Crippen LogP contribution >= 0.6 is 0 Å². The first kappa shape index (κ1) is 16.7. The fraction of sp³-hybridized carbons (Fsp3) is 0.588. The van der Waals surface area contributed by atoms with Gasteiger partial charge in [-0.3, -0.25) is 0 Å². The molecule has 0 atom stereocenters. The van der Waals surface area contributed by atoms with Crippen molar-refractivity contribution in [1.29, 1.82) is 0 Å². The van der Waals surface area contributed by atoms with Crippen molar-refractivity contribution in [2.24, 2.45) is 5.92 Å². The molecule has 20 heavy (non-hydrogen) atoms. The highest BCUT2D eigenvalue weighted by molar-refractivity contribution is 5.28. The summed E-state index contributed by atoms with van der Waals surface area (Å²) in [5.41, 5.74) is 2.28. The van der Waals surface area contributed by atoms with Gasteiger partial charge in [-0.2, -0.15) is 0 Å². The predicted octanol–water partition coefficient (Wildman–Crippen LogP) is 3.69. The van der Waals surface area contributed by atoms with E-state index in [1.54, 1.807) is 6.08 Å². The summed E-state index contributed by atoms with van der Waals surface area (Å²) in [7, 11) is 0. The molecule has 1 N–H and O–H groups in total. The van der Waals surface area contributed by atoms with Crippen LogP contribution in [0.2, 0.25) is 0 Å². The molecule has 3 nitrogen and oxygen atoms in total. The Morgan fingerprint density at radius 1 is 1.35 bits per heavy atom. The van der Waals surface area contributed by atoms with E-state index in [2.05, 4.69) is 57.6 Å². The van der Waals surface area contributed by atoms with Crippen molar-refractivity contribution in [1.82, 2.24) is 10.3 Å². The van der Waals surface area contributed by atoms with Gasteiger partial charge < -0.3 is 10.1 Å². The van der Waals surface area contributed by atoms with E-state index in [0.29, 0.717) is 18.4 Å². The number of nitrogens with zero attached hydrogens (tertiary/aromatic N) is 1. The van der Waals surface area contributed by atoms with E-state index < -0.39 is 0 Å². The van der Waals surface area contributed by atoms with Crippen LogP contribution in [0.15, 0.2) is 24.8 Å². The highest BCUT2D eigenvalue weighted by Gasteiger charge is 2.17. The van der Waals surface area contributed by atoms with Crippen LogP contribution in [0, 0.1) is 5.92 Å². The number of aromatic nitrogens is 1. The fourth-order valence-corrected chi connectivity index (χ4v) is 1.77. The number of hydrogen-bond donors (Lipinski definition) is 1. The quantitative estimate of drug-likeness (QED) is 0.771. The van der Waals surface area contributed by atoms with E-state index in [1.165, 1.54) is 5.56 Å². The van der Waals surface area contributed by atoms with Crippen molar-refractivity contribution < 1.29 is 4.74 Å². The molecule has 1 heterocycles. The standard InChI is InChI=1S/C17H28N2O/c1-7-8-20-16-10-14(12-18-11-13(2)3)9-15(19-16)17(4,5)6/h7,9-10,13,18H,1,8,11-12H2,2-6H3. The SMILES string of the molecule is C=CCOc1cc(CNCC(C)C)cc(C(C)(C)C)n1. The molecule has 0 aliphatic rings. The maximum atomic E-state index is 5.60. The monoisotopic (exact) mass is 276 g/mol. The molecule has 0 amide bonds. The molecule has 0 bridgehead atoms. The van der Waals surface area contributed by atoms with E-state index in [-0.39, 0.29) is 5.41 Å². The molecule has 1 aromatic heterocycles. The van der Waals surface area contributed by atoms with E-state index in [4.69, 9.17) is 4.74 Å². The van der Waals surface area contributed by atoms with Crippen molar-refractivity contribution in [3.63, 3.8) is 0 Å². The third-order valence-electron chi connectivity index (χ3n) is 2.86. The molecule has 1 rings (SSSR count). The average Bonchev–Trinajstić information content (AvgIpc) is 2.34. The Kier molecular flexibility index (Phi) is 6.21. The smallest absolute Gasteiger partial charge is 0.214 e. The molecule has 0 radical (unpaired) electrons. The molecule has 0 saturated carbocycles. The van der Waals surface area contributed by atoms with Crippen LogP contribution in [0.4, 0.5) is 0 Å². The van der Waals surface area contributed by atoms with Gasteiger partial charge in [0, 0.05) is 18.0 Å². The van der Waals surface area contributed by atoms with Crippen LogP contribution in [-0.4, -0.2) is 18.1 Å². The maximum absolute atomic E-state index is 5.60. The highest BCUT2D eigenvalue weighted by Crippen LogP contribution is 2.24. The minimum absolute atomic E-state index is 0.0142. The van der Waals surface area contributed by atoms with Gasteiger partial charge in [0.25, 0.3) is 0 Å². The maximum Gasteiger partial charge on any atom is 0.214 e. The third kappa shape index (κ3) is 5.74. The molecule has 3 heteroatoms. The van der Waals surface area contributed by atoms with Crippen LogP contribution in [-0.2, 0) is 12.0 Å². The number of nitrogens with one attached hydrogen (secondary N) is 1. The summed E-state index contributed by atoms with van der Waals surface area (Å²) in [4.78, 5) is 4.59. The molecule has 1 aromatic rings. The van der Waals surface area contributed by atoms with Crippen LogP contribution in [0.25, 0.3) is 0 Å². The van der Waals surface area contributed by atoms with Crippen molar-refractivity contribution in [2.75, 3.05) is 13.2 Å². The van der Waals surface area contributed by atoms with Crippen molar-refractivity contribution in [3.05, 3.63) is 36.0 Å². The molecule has 0 saturated heterocycles. The van der Waals surface area contributed by atoms with Gasteiger partial charge in [0.2, 0.25) is 5.88 Å². The second kappa shape index (κ2) is 7.44. The summed E-state index contributed by atoms with van der Waals surface area (Å²) in [5.74, 6) is 1.33. The first-order valence-electron chi connectivity index (χ1n) is 7.28. The first-order chi connectivity index (χ1) is 9.32. The number of pyridine rings is 1. The molecular formula is C17H28N2O. The van der Waals surface area contributed by atoms with E-state index in [0.717, 1.165) is 18.8 Å². The van der Waals surface area contributed by atoms with Crippen LogP contribution < -0.4 is 10.1 Å². The van der Waals surface area contributed by atoms with Crippen LogP contribution in [0.5, 0.6) is 5.88 Å². The first-order valence-corrected chi connectivity index (χ1v) is 7.28.